The van der Waals surface area contributed by atoms with Gasteiger partial charge in [0, 0.05) is 23.9 Å². The van der Waals surface area contributed by atoms with Crippen molar-refractivity contribution in [2.75, 3.05) is 0 Å². The lowest BCUT2D eigenvalue weighted by Gasteiger charge is -2.09. The molecule has 0 aromatic carbocycles. The summed E-state index contributed by atoms with van der Waals surface area (Å²) in [6.07, 6.45) is 1.71. The number of aromatic nitrogens is 3. The molecule has 0 radical (unpaired) electrons. The molecule has 0 unspecified atom stereocenters. The molecule has 96 valence electrons. The Bertz CT molecular complexity index is 639. The first-order valence-electron chi connectivity index (χ1n) is 5.84. The topological polar surface area (TPSA) is 79.3 Å². The number of hydrogen-bond donors (Lipinski definition) is 2. The molecule has 0 bridgehead atoms. The predicted octanol–water partition coefficient (Wildman–Crippen LogP) is 0.603. The van der Waals surface area contributed by atoms with Gasteiger partial charge in [-0.3, -0.25) is 14.7 Å². The first-order chi connectivity index (χ1) is 8.50. The van der Waals surface area contributed by atoms with Gasteiger partial charge in [0.1, 0.15) is 0 Å². The quantitative estimate of drug-likeness (QED) is 0.835. The third-order valence-electron chi connectivity index (χ3n) is 2.88. The fourth-order valence-corrected chi connectivity index (χ4v) is 1.73. The van der Waals surface area contributed by atoms with Crippen molar-refractivity contribution in [3.63, 3.8) is 0 Å². The van der Waals surface area contributed by atoms with Crippen LogP contribution in [-0.2, 0) is 11.3 Å². The van der Waals surface area contributed by atoms with E-state index in [-0.39, 0.29) is 23.9 Å². The SMILES string of the molecule is Cc1c(CNC(=O)C(C)C)c(=O)nc2cc[nH]n12. The molecule has 0 saturated heterocycles. The minimum absolute atomic E-state index is 0.0783. The summed E-state index contributed by atoms with van der Waals surface area (Å²) in [4.78, 5) is 27.3. The Kier molecular flexibility index (Phi) is 3.18. The molecule has 0 spiro atoms. The average molecular weight is 248 g/mol. The molecular weight excluding hydrogens is 232 g/mol. The van der Waals surface area contributed by atoms with Crippen LogP contribution in [0.4, 0.5) is 0 Å². The van der Waals surface area contributed by atoms with E-state index >= 15 is 0 Å². The molecule has 0 aliphatic heterocycles. The number of aromatic amines is 1. The molecule has 2 aromatic heterocycles. The highest BCUT2D eigenvalue weighted by molar-refractivity contribution is 5.77. The predicted molar refractivity (Wildman–Crippen MR) is 67.2 cm³/mol. The molecule has 0 aliphatic rings. The zero-order valence-electron chi connectivity index (χ0n) is 10.7. The zero-order valence-corrected chi connectivity index (χ0v) is 10.7. The minimum atomic E-state index is -0.295. The summed E-state index contributed by atoms with van der Waals surface area (Å²) in [6.45, 7) is 5.64. The maximum Gasteiger partial charge on any atom is 0.278 e. The van der Waals surface area contributed by atoms with E-state index in [9.17, 15) is 9.59 Å². The second-order valence-corrected chi connectivity index (χ2v) is 4.51. The fraction of sp³-hybridized carbons (Fsp3) is 0.417. The number of carbonyl (C=O) groups is 1. The highest BCUT2D eigenvalue weighted by Crippen LogP contribution is 2.05. The van der Waals surface area contributed by atoms with Crippen LogP contribution in [0.2, 0.25) is 0 Å². The van der Waals surface area contributed by atoms with E-state index < -0.39 is 0 Å². The van der Waals surface area contributed by atoms with Crippen LogP contribution in [0.25, 0.3) is 5.65 Å². The van der Waals surface area contributed by atoms with Gasteiger partial charge in [-0.05, 0) is 6.92 Å². The van der Waals surface area contributed by atoms with Crippen molar-refractivity contribution in [3.8, 4) is 0 Å². The number of carbonyl (C=O) groups excluding carboxylic acids is 1. The smallest absolute Gasteiger partial charge is 0.278 e. The number of fused-ring (bicyclic) bond motifs is 1. The monoisotopic (exact) mass is 248 g/mol. The van der Waals surface area contributed by atoms with Gasteiger partial charge >= 0.3 is 0 Å². The van der Waals surface area contributed by atoms with Gasteiger partial charge in [-0.2, -0.15) is 4.98 Å². The van der Waals surface area contributed by atoms with Crippen molar-refractivity contribution in [2.24, 2.45) is 5.92 Å². The summed E-state index contributed by atoms with van der Waals surface area (Å²) in [5.74, 6) is -0.180. The number of rotatable bonds is 3. The number of nitrogens with one attached hydrogen (secondary N) is 2. The Morgan fingerprint density at radius 1 is 1.56 bits per heavy atom. The minimum Gasteiger partial charge on any atom is -0.352 e. The third kappa shape index (κ3) is 2.13. The van der Waals surface area contributed by atoms with Gasteiger partial charge in [-0.1, -0.05) is 13.8 Å². The lowest BCUT2D eigenvalue weighted by molar-refractivity contribution is -0.124. The summed E-state index contributed by atoms with van der Waals surface area (Å²) in [5.41, 5.74) is 1.55. The fourth-order valence-electron chi connectivity index (χ4n) is 1.73. The lowest BCUT2D eigenvalue weighted by Crippen LogP contribution is -2.31. The molecule has 0 aliphatic carbocycles. The van der Waals surface area contributed by atoms with Crippen LogP contribution in [0, 0.1) is 12.8 Å². The summed E-state index contributed by atoms with van der Waals surface area (Å²) >= 11 is 0. The molecule has 2 aromatic rings. The van der Waals surface area contributed by atoms with Crippen LogP contribution in [0.1, 0.15) is 25.1 Å². The van der Waals surface area contributed by atoms with Gasteiger partial charge in [0.05, 0.1) is 12.1 Å². The lowest BCUT2D eigenvalue weighted by atomic mass is 10.2. The van der Waals surface area contributed by atoms with Crippen molar-refractivity contribution < 1.29 is 4.79 Å². The van der Waals surface area contributed by atoms with Gasteiger partial charge in [0.15, 0.2) is 5.65 Å². The maximum absolute atomic E-state index is 11.8. The van der Waals surface area contributed by atoms with Crippen LogP contribution in [0.5, 0.6) is 0 Å². The van der Waals surface area contributed by atoms with Crippen LogP contribution in [0.3, 0.4) is 0 Å². The highest BCUT2D eigenvalue weighted by atomic mass is 16.2. The highest BCUT2D eigenvalue weighted by Gasteiger charge is 2.12. The summed E-state index contributed by atoms with van der Waals surface area (Å²) in [7, 11) is 0. The first kappa shape index (κ1) is 12.3. The molecule has 0 atom stereocenters. The van der Waals surface area contributed by atoms with Crippen LogP contribution in [-0.4, -0.2) is 20.5 Å². The van der Waals surface area contributed by atoms with Crippen molar-refractivity contribution in [1.82, 2.24) is 19.9 Å². The van der Waals surface area contributed by atoms with Crippen molar-refractivity contribution in [1.29, 1.82) is 0 Å². The maximum atomic E-state index is 11.8. The molecule has 2 heterocycles. The Balaban J connectivity index is 2.33. The van der Waals surface area contributed by atoms with E-state index in [1.807, 2.05) is 20.8 Å². The Morgan fingerprint density at radius 2 is 2.28 bits per heavy atom. The zero-order chi connectivity index (χ0) is 13.3. The third-order valence-corrected chi connectivity index (χ3v) is 2.88. The molecule has 2 rings (SSSR count). The van der Waals surface area contributed by atoms with Crippen LogP contribution >= 0.6 is 0 Å². The Labute approximate surface area is 104 Å². The number of nitrogens with zero attached hydrogens (tertiary/aromatic N) is 2. The Morgan fingerprint density at radius 3 is 2.94 bits per heavy atom. The van der Waals surface area contributed by atoms with Gasteiger partial charge < -0.3 is 5.32 Å². The molecular formula is C12H16N4O2. The van der Waals surface area contributed by atoms with E-state index in [1.54, 1.807) is 16.8 Å². The molecule has 1 amide bonds. The summed E-state index contributed by atoms with van der Waals surface area (Å²) in [5, 5.41) is 5.70. The molecule has 6 nitrogen and oxygen atoms in total. The average Bonchev–Trinajstić information content (AvgIpc) is 2.76. The van der Waals surface area contributed by atoms with Crippen molar-refractivity contribution >= 4 is 11.6 Å². The summed E-state index contributed by atoms with van der Waals surface area (Å²) < 4.78 is 1.72. The Hall–Kier alpha value is -2.11. The molecule has 18 heavy (non-hydrogen) atoms. The standard InChI is InChI=1S/C12H16N4O2/c1-7(2)11(17)13-6-9-8(3)16-10(4-5-14-16)15-12(9)18/h4-5,7,14H,6H2,1-3H3,(H,13,17). The van der Waals surface area contributed by atoms with E-state index in [0.29, 0.717) is 11.2 Å². The van der Waals surface area contributed by atoms with Gasteiger partial charge in [0.25, 0.3) is 5.56 Å². The van der Waals surface area contributed by atoms with E-state index in [2.05, 4.69) is 15.4 Å². The van der Waals surface area contributed by atoms with Crippen LogP contribution in [0.15, 0.2) is 17.1 Å². The van der Waals surface area contributed by atoms with Gasteiger partial charge in [-0.25, -0.2) is 4.52 Å². The molecule has 0 fully saturated rings. The van der Waals surface area contributed by atoms with E-state index in [1.165, 1.54) is 0 Å². The van der Waals surface area contributed by atoms with Crippen LogP contribution < -0.4 is 10.9 Å². The number of aryl methyl sites for hydroxylation is 1. The van der Waals surface area contributed by atoms with Gasteiger partial charge in [-0.15, -0.1) is 0 Å². The van der Waals surface area contributed by atoms with Crippen molar-refractivity contribution in [3.05, 3.63) is 33.9 Å². The van der Waals surface area contributed by atoms with E-state index in [4.69, 9.17) is 0 Å². The first-order valence-corrected chi connectivity index (χ1v) is 5.84. The number of hydrogen-bond acceptors (Lipinski definition) is 3. The second-order valence-electron chi connectivity index (χ2n) is 4.51. The van der Waals surface area contributed by atoms with Gasteiger partial charge in [0.2, 0.25) is 5.91 Å². The largest absolute Gasteiger partial charge is 0.352 e. The number of H-pyrrole nitrogens is 1. The summed E-state index contributed by atoms with van der Waals surface area (Å²) in [6, 6.07) is 1.73. The normalized spacial score (nSPS) is 11.1. The molecule has 0 saturated carbocycles. The van der Waals surface area contributed by atoms with Crippen molar-refractivity contribution in [2.45, 2.75) is 27.3 Å². The molecule has 6 heteroatoms. The molecule has 2 N–H and O–H groups in total. The number of amides is 1. The van der Waals surface area contributed by atoms with E-state index in [0.717, 1.165) is 5.69 Å². The second kappa shape index (κ2) is 4.64.